The van der Waals surface area contributed by atoms with Crippen LogP contribution in [0.2, 0.25) is 0 Å². The molecule has 128 valence electrons. The summed E-state index contributed by atoms with van der Waals surface area (Å²) < 4.78 is 1.98. The lowest BCUT2D eigenvalue weighted by Crippen LogP contribution is -2.29. The quantitative estimate of drug-likeness (QED) is 0.895. The Kier molecular flexibility index (Phi) is 4.60. The molecule has 0 aliphatic heterocycles. The molecule has 1 aromatic carbocycles. The monoisotopic (exact) mass is 327 g/mol. The van der Waals surface area contributed by atoms with Crippen molar-refractivity contribution in [2.75, 3.05) is 5.32 Å². The highest BCUT2D eigenvalue weighted by Crippen LogP contribution is 2.28. The molecule has 5 heteroatoms. The smallest absolute Gasteiger partial charge is 0.306 e. The summed E-state index contributed by atoms with van der Waals surface area (Å²) in [7, 11) is 0. The molecule has 2 N–H and O–H groups in total. The number of aromatic nitrogens is 2. The number of anilines is 1. The van der Waals surface area contributed by atoms with Gasteiger partial charge in [0.15, 0.2) is 0 Å². The summed E-state index contributed by atoms with van der Waals surface area (Å²) in [5.41, 5.74) is 5.64. The Balaban J connectivity index is 1.74. The predicted octanol–water partition coefficient (Wildman–Crippen LogP) is 3.85. The SMILES string of the molecule is Cc1ccc(C)c(-n2ncc(NC3CCC(C(=O)O)CC3)c2C)c1. The van der Waals surface area contributed by atoms with Crippen molar-refractivity contribution in [1.82, 2.24) is 9.78 Å². The molecule has 3 rings (SSSR count). The number of hydrogen-bond donors (Lipinski definition) is 2. The number of hydrogen-bond acceptors (Lipinski definition) is 3. The number of nitrogens with one attached hydrogen (secondary N) is 1. The number of aryl methyl sites for hydroxylation is 2. The summed E-state index contributed by atoms with van der Waals surface area (Å²) in [4.78, 5) is 11.1. The molecule has 1 heterocycles. The van der Waals surface area contributed by atoms with Gasteiger partial charge in [0.25, 0.3) is 0 Å². The van der Waals surface area contributed by atoms with E-state index < -0.39 is 5.97 Å². The van der Waals surface area contributed by atoms with Gasteiger partial charge in [0.05, 0.1) is 29.2 Å². The zero-order valence-electron chi connectivity index (χ0n) is 14.5. The van der Waals surface area contributed by atoms with Gasteiger partial charge in [-0.15, -0.1) is 0 Å². The first kappa shape index (κ1) is 16.6. The van der Waals surface area contributed by atoms with Gasteiger partial charge in [-0.2, -0.15) is 5.10 Å². The van der Waals surface area contributed by atoms with E-state index in [9.17, 15) is 4.79 Å². The van der Waals surface area contributed by atoms with Crippen molar-refractivity contribution in [3.05, 3.63) is 41.2 Å². The first-order valence-electron chi connectivity index (χ1n) is 8.57. The van der Waals surface area contributed by atoms with Gasteiger partial charge < -0.3 is 10.4 Å². The average Bonchev–Trinajstić information content (AvgIpc) is 2.91. The number of rotatable bonds is 4. The third kappa shape index (κ3) is 3.30. The summed E-state index contributed by atoms with van der Waals surface area (Å²) in [5, 5.41) is 17.2. The van der Waals surface area contributed by atoms with Crippen LogP contribution in [0.3, 0.4) is 0 Å². The number of carbonyl (C=O) groups is 1. The number of benzene rings is 1. The van der Waals surface area contributed by atoms with Crippen molar-refractivity contribution in [2.45, 2.75) is 52.5 Å². The number of carboxylic acid groups (broad SMARTS) is 1. The summed E-state index contributed by atoms with van der Waals surface area (Å²) in [6, 6.07) is 6.71. The Morgan fingerprint density at radius 1 is 1.21 bits per heavy atom. The average molecular weight is 327 g/mol. The fraction of sp³-hybridized carbons (Fsp3) is 0.474. The molecule has 5 nitrogen and oxygen atoms in total. The minimum atomic E-state index is -0.660. The predicted molar refractivity (Wildman–Crippen MR) is 94.8 cm³/mol. The van der Waals surface area contributed by atoms with Crippen LogP contribution < -0.4 is 5.32 Å². The molecule has 1 saturated carbocycles. The Morgan fingerprint density at radius 2 is 1.92 bits per heavy atom. The van der Waals surface area contributed by atoms with Crippen molar-refractivity contribution < 1.29 is 9.90 Å². The van der Waals surface area contributed by atoms with Crippen LogP contribution in [0.15, 0.2) is 24.4 Å². The minimum absolute atomic E-state index is 0.179. The lowest BCUT2D eigenvalue weighted by molar-refractivity contribution is -0.142. The second kappa shape index (κ2) is 6.67. The van der Waals surface area contributed by atoms with Crippen LogP contribution in [0.4, 0.5) is 5.69 Å². The molecule has 0 spiro atoms. The number of aliphatic carboxylic acids is 1. The molecule has 0 saturated heterocycles. The van der Waals surface area contributed by atoms with E-state index in [-0.39, 0.29) is 5.92 Å². The van der Waals surface area contributed by atoms with Crippen LogP contribution in [-0.4, -0.2) is 26.9 Å². The third-order valence-corrected chi connectivity index (χ3v) is 5.04. The van der Waals surface area contributed by atoms with Gasteiger partial charge in [-0.1, -0.05) is 12.1 Å². The van der Waals surface area contributed by atoms with E-state index in [1.165, 1.54) is 11.1 Å². The van der Waals surface area contributed by atoms with Crippen LogP contribution in [0.25, 0.3) is 5.69 Å². The zero-order chi connectivity index (χ0) is 17.3. The van der Waals surface area contributed by atoms with Crippen LogP contribution >= 0.6 is 0 Å². The maximum atomic E-state index is 11.1. The van der Waals surface area contributed by atoms with E-state index in [1.54, 1.807) is 0 Å². The summed E-state index contributed by atoms with van der Waals surface area (Å²) >= 11 is 0. The van der Waals surface area contributed by atoms with E-state index in [0.717, 1.165) is 42.8 Å². The molecule has 1 aromatic heterocycles. The molecule has 1 fully saturated rings. The fourth-order valence-electron chi connectivity index (χ4n) is 3.45. The van der Waals surface area contributed by atoms with Gasteiger partial charge in [0.2, 0.25) is 0 Å². The Morgan fingerprint density at radius 3 is 2.58 bits per heavy atom. The summed E-state index contributed by atoms with van der Waals surface area (Å²) in [6.45, 7) is 6.25. The standard InChI is InChI=1S/C19H25N3O2/c1-12-4-5-13(2)18(10-12)22-14(3)17(11-20-22)21-16-8-6-15(7-9-16)19(23)24/h4-5,10-11,15-16,21H,6-9H2,1-3H3,(H,23,24). The molecule has 0 atom stereocenters. The Bertz CT molecular complexity index is 743. The first-order chi connectivity index (χ1) is 11.5. The molecular formula is C19H25N3O2. The van der Waals surface area contributed by atoms with E-state index in [0.29, 0.717) is 6.04 Å². The topological polar surface area (TPSA) is 67.2 Å². The first-order valence-corrected chi connectivity index (χ1v) is 8.57. The van der Waals surface area contributed by atoms with Crippen molar-refractivity contribution in [2.24, 2.45) is 5.92 Å². The highest BCUT2D eigenvalue weighted by atomic mass is 16.4. The van der Waals surface area contributed by atoms with Crippen LogP contribution in [-0.2, 0) is 4.79 Å². The number of nitrogens with zero attached hydrogens (tertiary/aromatic N) is 2. The normalized spacial score (nSPS) is 20.8. The maximum Gasteiger partial charge on any atom is 0.306 e. The minimum Gasteiger partial charge on any atom is -0.481 e. The molecule has 1 aliphatic rings. The van der Waals surface area contributed by atoms with Gasteiger partial charge in [-0.25, -0.2) is 4.68 Å². The van der Waals surface area contributed by atoms with Crippen molar-refractivity contribution in [3.8, 4) is 5.69 Å². The molecule has 0 radical (unpaired) electrons. The zero-order valence-corrected chi connectivity index (χ0v) is 14.5. The highest BCUT2D eigenvalue weighted by molar-refractivity contribution is 5.70. The lowest BCUT2D eigenvalue weighted by atomic mass is 9.86. The van der Waals surface area contributed by atoms with Gasteiger partial charge >= 0.3 is 5.97 Å². The molecule has 1 aliphatic carbocycles. The van der Waals surface area contributed by atoms with Gasteiger partial charge in [0.1, 0.15) is 0 Å². The van der Waals surface area contributed by atoms with Crippen LogP contribution in [0.5, 0.6) is 0 Å². The van der Waals surface area contributed by atoms with Crippen molar-refractivity contribution >= 4 is 11.7 Å². The van der Waals surface area contributed by atoms with Crippen LogP contribution in [0, 0.1) is 26.7 Å². The molecule has 0 unspecified atom stereocenters. The van der Waals surface area contributed by atoms with E-state index in [2.05, 4.69) is 49.4 Å². The van der Waals surface area contributed by atoms with Gasteiger partial charge in [0, 0.05) is 6.04 Å². The lowest BCUT2D eigenvalue weighted by Gasteiger charge is -2.27. The van der Waals surface area contributed by atoms with E-state index >= 15 is 0 Å². The molecule has 24 heavy (non-hydrogen) atoms. The Labute approximate surface area is 142 Å². The van der Waals surface area contributed by atoms with E-state index in [1.807, 2.05) is 10.9 Å². The largest absolute Gasteiger partial charge is 0.481 e. The van der Waals surface area contributed by atoms with Crippen molar-refractivity contribution in [3.63, 3.8) is 0 Å². The van der Waals surface area contributed by atoms with E-state index in [4.69, 9.17) is 5.11 Å². The highest BCUT2D eigenvalue weighted by Gasteiger charge is 2.26. The van der Waals surface area contributed by atoms with Gasteiger partial charge in [-0.3, -0.25) is 4.79 Å². The second-order valence-electron chi connectivity index (χ2n) is 6.88. The molecular weight excluding hydrogens is 302 g/mol. The Hall–Kier alpha value is -2.30. The molecule has 0 bridgehead atoms. The maximum absolute atomic E-state index is 11.1. The molecule has 2 aromatic rings. The fourth-order valence-corrected chi connectivity index (χ4v) is 3.45. The van der Waals surface area contributed by atoms with Gasteiger partial charge in [-0.05, 0) is 63.6 Å². The number of carboxylic acids is 1. The third-order valence-electron chi connectivity index (χ3n) is 5.04. The molecule has 0 amide bonds. The second-order valence-corrected chi connectivity index (χ2v) is 6.88. The summed E-state index contributed by atoms with van der Waals surface area (Å²) in [5.74, 6) is -0.839. The van der Waals surface area contributed by atoms with Crippen molar-refractivity contribution in [1.29, 1.82) is 0 Å². The van der Waals surface area contributed by atoms with Crippen LogP contribution in [0.1, 0.15) is 42.5 Å². The summed E-state index contributed by atoms with van der Waals surface area (Å²) in [6.07, 6.45) is 5.16.